The summed E-state index contributed by atoms with van der Waals surface area (Å²) in [6.07, 6.45) is 1.78. The van der Waals surface area contributed by atoms with Gasteiger partial charge in [-0.25, -0.2) is 0 Å². The van der Waals surface area contributed by atoms with Gasteiger partial charge in [0.1, 0.15) is 6.54 Å². The SMILES string of the molecule is CCc1ccc(N(CC(=O)Nc2ccccc2CC)C(C)=O)cc1. The fourth-order valence-electron chi connectivity index (χ4n) is 2.58. The molecular formula is C20H24N2O2. The van der Waals surface area contributed by atoms with Crippen molar-refractivity contribution in [2.45, 2.75) is 33.6 Å². The molecule has 2 amide bonds. The molecule has 126 valence electrons. The Kier molecular flexibility index (Phi) is 6.13. The largest absolute Gasteiger partial charge is 0.324 e. The van der Waals surface area contributed by atoms with Crippen molar-refractivity contribution < 1.29 is 9.59 Å². The zero-order valence-electron chi connectivity index (χ0n) is 14.5. The van der Waals surface area contributed by atoms with E-state index >= 15 is 0 Å². The second kappa shape index (κ2) is 8.29. The summed E-state index contributed by atoms with van der Waals surface area (Å²) in [4.78, 5) is 25.8. The number of hydrogen-bond donors (Lipinski definition) is 1. The lowest BCUT2D eigenvalue weighted by atomic mass is 10.1. The molecule has 0 fully saturated rings. The number of benzene rings is 2. The monoisotopic (exact) mass is 324 g/mol. The predicted octanol–water partition coefficient (Wildman–Crippen LogP) is 3.80. The van der Waals surface area contributed by atoms with Crippen LogP contribution in [-0.4, -0.2) is 18.4 Å². The van der Waals surface area contributed by atoms with Crippen molar-refractivity contribution in [3.63, 3.8) is 0 Å². The van der Waals surface area contributed by atoms with Crippen molar-refractivity contribution in [3.8, 4) is 0 Å². The lowest BCUT2D eigenvalue weighted by Gasteiger charge is -2.21. The highest BCUT2D eigenvalue weighted by molar-refractivity contribution is 6.02. The summed E-state index contributed by atoms with van der Waals surface area (Å²) in [5.74, 6) is -0.358. The third-order valence-corrected chi connectivity index (χ3v) is 4.01. The minimum absolute atomic E-state index is 0.00114. The molecule has 0 aliphatic heterocycles. The fraction of sp³-hybridized carbons (Fsp3) is 0.300. The van der Waals surface area contributed by atoms with E-state index in [9.17, 15) is 9.59 Å². The second-order valence-electron chi connectivity index (χ2n) is 5.68. The predicted molar refractivity (Wildman–Crippen MR) is 98.3 cm³/mol. The van der Waals surface area contributed by atoms with Gasteiger partial charge in [-0.05, 0) is 42.2 Å². The maximum absolute atomic E-state index is 12.4. The second-order valence-corrected chi connectivity index (χ2v) is 5.68. The molecule has 4 heteroatoms. The van der Waals surface area contributed by atoms with Gasteiger partial charge in [0.25, 0.3) is 0 Å². The van der Waals surface area contributed by atoms with E-state index in [-0.39, 0.29) is 18.4 Å². The van der Waals surface area contributed by atoms with Gasteiger partial charge in [-0.1, -0.05) is 44.2 Å². The van der Waals surface area contributed by atoms with Crippen molar-refractivity contribution >= 4 is 23.2 Å². The Morgan fingerprint density at radius 3 is 2.21 bits per heavy atom. The van der Waals surface area contributed by atoms with Crippen LogP contribution in [0.4, 0.5) is 11.4 Å². The van der Waals surface area contributed by atoms with E-state index in [0.717, 1.165) is 29.8 Å². The Labute approximate surface area is 143 Å². The van der Waals surface area contributed by atoms with Gasteiger partial charge in [0.05, 0.1) is 0 Å². The standard InChI is InChI=1S/C20H24N2O2/c1-4-16-10-12-18(13-11-16)22(15(3)23)14-20(24)21-19-9-7-6-8-17(19)5-2/h6-13H,4-5,14H2,1-3H3,(H,21,24). The number of rotatable bonds is 6. The van der Waals surface area contributed by atoms with Crippen LogP contribution in [0.25, 0.3) is 0 Å². The Bertz CT molecular complexity index is 708. The van der Waals surface area contributed by atoms with E-state index in [1.807, 2.05) is 55.5 Å². The van der Waals surface area contributed by atoms with Crippen molar-refractivity contribution in [2.75, 3.05) is 16.8 Å². The summed E-state index contributed by atoms with van der Waals surface area (Å²) in [6.45, 7) is 5.60. The van der Waals surface area contributed by atoms with E-state index in [1.165, 1.54) is 17.4 Å². The number of carbonyl (C=O) groups excluding carboxylic acids is 2. The van der Waals surface area contributed by atoms with Crippen molar-refractivity contribution in [2.24, 2.45) is 0 Å². The van der Waals surface area contributed by atoms with Gasteiger partial charge in [-0.15, -0.1) is 0 Å². The molecule has 0 bridgehead atoms. The molecule has 1 N–H and O–H groups in total. The van der Waals surface area contributed by atoms with Crippen LogP contribution in [0.15, 0.2) is 48.5 Å². The van der Waals surface area contributed by atoms with Crippen LogP contribution in [0.3, 0.4) is 0 Å². The highest BCUT2D eigenvalue weighted by Gasteiger charge is 2.16. The molecule has 0 saturated carbocycles. The van der Waals surface area contributed by atoms with Gasteiger partial charge in [-0.3, -0.25) is 9.59 Å². The van der Waals surface area contributed by atoms with E-state index in [2.05, 4.69) is 12.2 Å². The molecule has 2 aromatic rings. The number of carbonyl (C=O) groups is 2. The first-order valence-electron chi connectivity index (χ1n) is 8.30. The summed E-state index contributed by atoms with van der Waals surface area (Å²) in [6, 6.07) is 15.4. The zero-order chi connectivity index (χ0) is 17.5. The Balaban J connectivity index is 2.12. The highest BCUT2D eigenvalue weighted by Crippen LogP contribution is 2.18. The van der Waals surface area contributed by atoms with Crippen molar-refractivity contribution in [1.82, 2.24) is 0 Å². The first kappa shape index (κ1) is 17.7. The van der Waals surface area contributed by atoms with Crippen LogP contribution in [0.1, 0.15) is 31.9 Å². The first-order valence-corrected chi connectivity index (χ1v) is 8.30. The fourth-order valence-corrected chi connectivity index (χ4v) is 2.58. The summed E-state index contributed by atoms with van der Waals surface area (Å²) in [5, 5.41) is 2.91. The summed E-state index contributed by atoms with van der Waals surface area (Å²) in [5.41, 5.74) is 3.81. The third kappa shape index (κ3) is 4.44. The molecule has 0 heterocycles. The topological polar surface area (TPSA) is 49.4 Å². The van der Waals surface area contributed by atoms with Gasteiger partial charge >= 0.3 is 0 Å². The number of hydrogen-bond acceptors (Lipinski definition) is 2. The molecule has 0 unspecified atom stereocenters. The molecule has 0 aromatic heterocycles. The van der Waals surface area contributed by atoms with Crippen LogP contribution in [-0.2, 0) is 22.4 Å². The van der Waals surface area contributed by atoms with Gasteiger partial charge in [0.15, 0.2) is 0 Å². The van der Waals surface area contributed by atoms with Crippen LogP contribution in [0.2, 0.25) is 0 Å². The molecule has 0 saturated heterocycles. The lowest BCUT2D eigenvalue weighted by Crippen LogP contribution is -2.36. The van der Waals surface area contributed by atoms with Crippen LogP contribution >= 0.6 is 0 Å². The average Bonchev–Trinajstić information content (AvgIpc) is 2.60. The quantitative estimate of drug-likeness (QED) is 0.878. The molecular weight excluding hydrogens is 300 g/mol. The number of nitrogens with zero attached hydrogens (tertiary/aromatic N) is 1. The van der Waals surface area contributed by atoms with Crippen molar-refractivity contribution in [3.05, 3.63) is 59.7 Å². The summed E-state index contributed by atoms with van der Waals surface area (Å²) >= 11 is 0. The Morgan fingerprint density at radius 2 is 1.62 bits per heavy atom. The average molecular weight is 324 g/mol. The van der Waals surface area contributed by atoms with Crippen molar-refractivity contribution in [1.29, 1.82) is 0 Å². The van der Waals surface area contributed by atoms with Crippen LogP contribution in [0.5, 0.6) is 0 Å². The Hall–Kier alpha value is -2.62. The molecule has 0 aliphatic rings. The summed E-state index contributed by atoms with van der Waals surface area (Å²) < 4.78 is 0. The van der Waals surface area contributed by atoms with Crippen LogP contribution in [0, 0.1) is 0 Å². The molecule has 24 heavy (non-hydrogen) atoms. The molecule has 2 rings (SSSR count). The minimum Gasteiger partial charge on any atom is -0.324 e. The molecule has 2 aromatic carbocycles. The number of anilines is 2. The van der Waals surface area contributed by atoms with E-state index in [4.69, 9.17) is 0 Å². The number of amides is 2. The van der Waals surface area contributed by atoms with E-state index in [1.54, 1.807) is 0 Å². The zero-order valence-corrected chi connectivity index (χ0v) is 14.5. The summed E-state index contributed by atoms with van der Waals surface area (Å²) in [7, 11) is 0. The normalized spacial score (nSPS) is 10.3. The molecule has 0 radical (unpaired) electrons. The smallest absolute Gasteiger partial charge is 0.244 e. The van der Waals surface area contributed by atoms with E-state index < -0.39 is 0 Å². The third-order valence-electron chi connectivity index (χ3n) is 4.01. The molecule has 0 atom stereocenters. The minimum atomic E-state index is -0.203. The number of aryl methyl sites for hydroxylation is 2. The molecule has 0 aliphatic carbocycles. The number of para-hydroxylation sites is 1. The maximum Gasteiger partial charge on any atom is 0.244 e. The van der Waals surface area contributed by atoms with Gasteiger partial charge in [-0.2, -0.15) is 0 Å². The molecule has 0 spiro atoms. The van der Waals surface area contributed by atoms with Gasteiger partial charge < -0.3 is 10.2 Å². The Morgan fingerprint density at radius 1 is 0.958 bits per heavy atom. The highest BCUT2D eigenvalue weighted by atomic mass is 16.2. The number of nitrogens with one attached hydrogen (secondary N) is 1. The van der Waals surface area contributed by atoms with Crippen LogP contribution < -0.4 is 10.2 Å². The maximum atomic E-state index is 12.4. The lowest BCUT2D eigenvalue weighted by molar-refractivity contribution is -0.120. The molecule has 4 nitrogen and oxygen atoms in total. The first-order chi connectivity index (χ1) is 11.5. The van der Waals surface area contributed by atoms with Gasteiger partial charge in [0, 0.05) is 18.3 Å². The van der Waals surface area contributed by atoms with Gasteiger partial charge in [0.2, 0.25) is 11.8 Å². The van der Waals surface area contributed by atoms with E-state index in [0.29, 0.717) is 0 Å².